The zero-order valence-corrected chi connectivity index (χ0v) is 12.0. The monoisotopic (exact) mass is 333 g/mol. The summed E-state index contributed by atoms with van der Waals surface area (Å²) in [6.45, 7) is 0.321. The predicted octanol–water partition coefficient (Wildman–Crippen LogP) is 1.82. The number of ether oxygens (including phenoxy) is 1. The van der Waals surface area contributed by atoms with Crippen LogP contribution in [-0.2, 0) is 9.53 Å². The first-order valence-corrected chi connectivity index (χ1v) is 6.95. The molecule has 0 spiro atoms. The second kappa shape index (κ2) is 5.38. The SMILES string of the molecule is COC1CC(C(=O)O)N(C(=O)c2ccc(Br)s2)C1. The fraction of sp³-hybridized carbons (Fsp3) is 0.455. The van der Waals surface area contributed by atoms with Crippen molar-refractivity contribution >= 4 is 39.1 Å². The summed E-state index contributed by atoms with van der Waals surface area (Å²) in [7, 11) is 1.53. The Bertz CT molecular complexity index is 475. The summed E-state index contributed by atoms with van der Waals surface area (Å²) in [6.07, 6.45) is 0.128. The Morgan fingerprint density at radius 3 is 2.78 bits per heavy atom. The number of carbonyl (C=O) groups excluding carboxylic acids is 1. The fourth-order valence-corrected chi connectivity index (χ4v) is 3.34. The van der Waals surface area contributed by atoms with E-state index in [-0.39, 0.29) is 12.0 Å². The maximum atomic E-state index is 12.2. The number of methoxy groups -OCH3 is 1. The zero-order valence-electron chi connectivity index (χ0n) is 9.63. The minimum Gasteiger partial charge on any atom is -0.480 e. The van der Waals surface area contributed by atoms with E-state index in [1.165, 1.54) is 23.3 Å². The molecule has 1 aliphatic heterocycles. The molecule has 5 nitrogen and oxygen atoms in total. The van der Waals surface area contributed by atoms with Crippen molar-refractivity contribution in [2.24, 2.45) is 0 Å². The smallest absolute Gasteiger partial charge is 0.326 e. The highest BCUT2D eigenvalue weighted by Gasteiger charge is 2.40. The number of aliphatic carboxylic acids is 1. The van der Waals surface area contributed by atoms with Crippen molar-refractivity contribution in [3.63, 3.8) is 0 Å². The van der Waals surface area contributed by atoms with Crippen molar-refractivity contribution in [2.75, 3.05) is 13.7 Å². The number of nitrogens with zero attached hydrogens (tertiary/aromatic N) is 1. The highest BCUT2D eigenvalue weighted by atomic mass is 79.9. The Morgan fingerprint density at radius 1 is 1.56 bits per heavy atom. The molecule has 2 rings (SSSR count). The van der Waals surface area contributed by atoms with Gasteiger partial charge in [0.2, 0.25) is 0 Å². The van der Waals surface area contributed by atoms with E-state index in [1.54, 1.807) is 12.1 Å². The first kappa shape index (κ1) is 13.5. The third-order valence-corrected chi connectivity index (χ3v) is 4.54. The third kappa shape index (κ3) is 2.57. The van der Waals surface area contributed by atoms with E-state index >= 15 is 0 Å². The summed E-state index contributed by atoms with van der Waals surface area (Å²) in [5.41, 5.74) is 0. The van der Waals surface area contributed by atoms with E-state index in [4.69, 9.17) is 9.84 Å². The van der Waals surface area contributed by atoms with E-state index in [2.05, 4.69) is 15.9 Å². The van der Waals surface area contributed by atoms with Crippen LogP contribution in [0.2, 0.25) is 0 Å². The minimum atomic E-state index is -0.987. The molecular formula is C11H12BrNO4S. The van der Waals surface area contributed by atoms with Gasteiger partial charge in [-0.25, -0.2) is 4.79 Å². The molecule has 1 aromatic heterocycles. The number of rotatable bonds is 3. The third-order valence-electron chi connectivity index (χ3n) is 2.93. The highest BCUT2D eigenvalue weighted by Crippen LogP contribution is 2.27. The van der Waals surface area contributed by atoms with Crippen molar-refractivity contribution in [3.05, 3.63) is 20.8 Å². The summed E-state index contributed by atoms with van der Waals surface area (Å²) in [4.78, 5) is 25.3. The number of thiophene rings is 1. The molecular weight excluding hydrogens is 322 g/mol. The van der Waals surface area contributed by atoms with Gasteiger partial charge in [-0.1, -0.05) is 0 Å². The Kier molecular flexibility index (Phi) is 4.04. The van der Waals surface area contributed by atoms with E-state index in [1.807, 2.05) is 0 Å². The number of carbonyl (C=O) groups is 2. The van der Waals surface area contributed by atoms with Crippen molar-refractivity contribution in [2.45, 2.75) is 18.6 Å². The van der Waals surface area contributed by atoms with Gasteiger partial charge in [-0.15, -0.1) is 11.3 Å². The largest absolute Gasteiger partial charge is 0.480 e. The first-order valence-electron chi connectivity index (χ1n) is 5.35. The molecule has 1 aliphatic rings. The van der Waals surface area contributed by atoms with Crippen LogP contribution in [0.4, 0.5) is 0 Å². The van der Waals surface area contributed by atoms with Gasteiger partial charge in [0.05, 0.1) is 14.8 Å². The summed E-state index contributed by atoms with van der Waals surface area (Å²) in [5.74, 6) is -1.24. The molecule has 1 N–H and O–H groups in total. The van der Waals surface area contributed by atoms with Gasteiger partial charge in [0.25, 0.3) is 5.91 Å². The number of carboxylic acid groups (broad SMARTS) is 1. The summed E-state index contributed by atoms with van der Waals surface area (Å²) < 4.78 is 6.00. The molecule has 2 unspecified atom stereocenters. The van der Waals surface area contributed by atoms with Gasteiger partial charge in [-0.2, -0.15) is 0 Å². The van der Waals surface area contributed by atoms with Crippen LogP contribution in [0.1, 0.15) is 16.1 Å². The normalized spacial score (nSPS) is 23.3. The summed E-state index contributed by atoms with van der Waals surface area (Å²) in [6, 6.07) is 2.66. The van der Waals surface area contributed by atoms with Crippen LogP contribution in [0.5, 0.6) is 0 Å². The average Bonchev–Trinajstić information content (AvgIpc) is 2.93. The van der Waals surface area contributed by atoms with E-state index in [0.29, 0.717) is 17.8 Å². The van der Waals surface area contributed by atoms with Crippen molar-refractivity contribution in [1.82, 2.24) is 4.90 Å². The molecule has 7 heteroatoms. The van der Waals surface area contributed by atoms with E-state index in [0.717, 1.165) is 3.79 Å². The van der Waals surface area contributed by atoms with Crippen LogP contribution in [0.3, 0.4) is 0 Å². The number of amides is 1. The number of hydrogen-bond donors (Lipinski definition) is 1. The maximum Gasteiger partial charge on any atom is 0.326 e. The molecule has 0 aliphatic carbocycles. The Morgan fingerprint density at radius 2 is 2.28 bits per heavy atom. The van der Waals surface area contributed by atoms with Crippen molar-refractivity contribution in [3.8, 4) is 0 Å². The van der Waals surface area contributed by atoms with E-state index < -0.39 is 12.0 Å². The number of likely N-dealkylation sites (tertiary alicyclic amines) is 1. The van der Waals surface area contributed by atoms with Gasteiger partial charge < -0.3 is 14.7 Å². The molecule has 98 valence electrons. The van der Waals surface area contributed by atoms with Crippen LogP contribution in [0.15, 0.2) is 15.9 Å². The van der Waals surface area contributed by atoms with Crippen molar-refractivity contribution < 1.29 is 19.4 Å². The molecule has 2 heterocycles. The van der Waals surface area contributed by atoms with Gasteiger partial charge in [-0.05, 0) is 28.1 Å². The van der Waals surface area contributed by atoms with Crippen LogP contribution in [-0.4, -0.2) is 47.7 Å². The summed E-state index contributed by atoms with van der Waals surface area (Å²) in [5, 5.41) is 9.14. The van der Waals surface area contributed by atoms with Gasteiger partial charge in [0.15, 0.2) is 0 Å². The number of hydrogen-bond acceptors (Lipinski definition) is 4. The Labute approximate surface area is 116 Å². The van der Waals surface area contributed by atoms with Crippen LogP contribution in [0.25, 0.3) is 0 Å². The lowest BCUT2D eigenvalue weighted by Crippen LogP contribution is -2.40. The van der Waals surface area contributed by atoms with Gasteiger partial charge in [0.1, 0.15) is 6.04 Å². The van der Waals surface area contributed by atoms with Crippen LogP contribution in [0, 0.1) is 0 Å². The quantitative estimate of drug-likeness (QED) is 0.916. The average molecular weight is 334 g/mol. The molecule has 2 atom stereocenters. The lowest BCUT2D eigenvalue weighted by atomic mass is 10.2. The molecule has 0 radical (unpaired) electrons. The molecule has 0 bridgehead atoms. The first-order chi connectivity index (χ1) is 8.52. The topological polar surface area (TPSA) is 66.8 Å². The lowest BCUT2D eigenvalue weighted by molar-refractivity contribution is -0.141. The molecule has 1 fully saturated rings. The number of halogens is 1. The summed E-state index contributed by atoms with van der Waals surface area (Å²) >= 11 is 4.58. The maximum absolute atomic E-state index is 12.2. The standard InChI is InChI=1S/C11H12BrNO4S/c1-17-6-4-7(11(15)16)13(5-6)10(14)8-2-3-9(12)18-8/h2-3,6-7H,4-5H2,1H3,(H,15,16). The Hall–Kier alpha value is -0.920. The molecule has 0 aromatic carbocycles. The van der Waals surface area contributed by atoms with Gasteiger partial charge in [0, 0.05) is 20.1 Å². The second-order valence-corrected chi connectivity index (χ2v) is 6.47. The zero-order chi connectivity index (χ0) is 13.3. The highest BCUT2D eigenvalue weighted by molar-refractivity contribution is 9.11. The van der Waals surface area contributed by atoms with Crippen LogP contribution < -0.4 is 0 Å². The van der Waals surface area contributed by atoms with Gasteiger partial charge in [-0.3, -0.25) is 4.79 Å². The molecule has 0 saturated carbocycles. The Balaban J connectivity index is 2.20. The van der Waals surface area contributed by atoms with Crippen LogP contribution >= 0.6 is 27.3 Å². The minimum absolute atomic E-state index is 0.210. The van der Waals surface area contributed by atoms with Crippen molar-refractivity contribution in [1.29, 1.82) is 0 Å². The lowest BCUT2D eigenvalue weighted by Gasteiger charge is -2.20. The fourth-order valence-electron chi connectivity index (χ4n) is 2.00. The second-order valence-electron chi connectivity index (χ2n) is 4.01. The molecule has 1 saturated heterocycles. The van der Waals surface area contributed by atoms with E-state index in [9.17, 15) is 9.59 Å². The molecule has 18 heavy (non-hydrogen) atoms. The number of carboxylic acids is 1. The molecule has 1 aromatic rings. The predicted molar refractivity (Wildman–Crippen MR) is 69.9 cm³/mol. The molecule has 1 amide bonds. The van der Waals surface area contributed by atoms with Gasteiger partial charge >= 0.3 is 5.97 Å².